The fourth-order valence-corrected chi connectivity index (χ4v) is 5.24. The molecule has 1 heterocycles. The van der Waals surface area contributed by atoms with E-state index < -0.39 is 0 Å². The average Bonchev–Trinajstić information content (AvgIpc) is 3.38. The number of ether oxygens (including phenoxy) is 2. The molecule has 4 aromatic carbocycles. The van der Waals surface area contributed by atoms with Gasteiger partial charge in [-0.2, -0.15) is 5.10 Å². The van der Waals surface area contributed by atoms with Crippen LogP contribution in [0, 0.1) is 6.92 Å². The highest BCUT2D eigenvalue weighted by Crippen LogP contribution is 2.37. The second kappa shape index (κ2) is 13.0. The van der Waals surface area contributed by atoms with Crippen LogP contribution in [0.2, 0.25) is 0 Å². The van der Waals surface area contributed by atoms with E-state index in [2.05, 4.69) is 78.1 Å². The fraction of sp³-hybridized carbons (Fsp3) is 0.0909. The number of benzene rings is 4. The predicted molar refractivity (Wildman–Crippen MR) is 170 cm³/mol. The van der Waals surface area contributed by atoms with Crippen LogP contribution in [0.1, 0.15) is 27.2 Å². The highest BCUT2D eigenvalue weighted by Gasteiger charge is 2.13. The molecule has 0 saturated heterocycles. The summed E-state index contributed by atoms with van der Waals surface area (Å²) in [5, 5.41) is 4.15. The second-order valence-electron chi connectivity index (χ2n) is 9.26. The number of nitrogens with zero attached hydrogens (tertiary/aromatic N) is 2. The minimum atomic E-state index is -0.305. The van der Waals surface area contributed by atoms with Gasteiger partial charge >= 0.3 is 0 Å². The van der Waals surface area contributed by atoms with Gasteiger partial charge in [0.15, 0.2) is 11.5 Å². The molecule has 41 heavy (non-hydrogen) atoms. The molecule has 0 aliphatic heterocycles. The Hall–Kier alpha value is -4.14. The number of carbonyl (C=O) groups excluding carboxylic acids is 1. The molecule has 8 heteroatoms. The third-order valence-electron chi connectivity index (χ3n) is 6.46. The zero-order chi connectivity index (χ0) is 28.8. The molecular formula is C33H27Br2N3O3. The molecule has 6 nitrogen and oxygen atoms in total. The highest BCUT2D eigenvalue weighted by molar-refractivity contribution is 9.10. The molecule has 0 aliphatic carbocycles. The van der Waals surface area contributed by atoms with Crippen molar-refractivity contribution in [3.05, 3.63) is 134 Å². The summed E-state index contributed by atoms with van der Waals surface area (Å²) in [4.78, 5) is 12.8. The lowest BCUT2D eigenvalue weighted by molar-refractivity contribution is 0.0955. The average molecular weight is 673 g/mol. The molecule has 5 rings (SSSR count). The van der Waals surface area contributed by atoms with Crippen molar-refractivity contribution in [2.24, 2.45) is 5.10 Å². The molecular weight excluding hydrogens is 646 g/mol. The molecule has 0 saturated carbocycles. The number of amides is 1. The molecule has 1 amide bonds. The number of hydrogen-bond acceptors (Lipinski definition) is 4. The Morgan fingerprint density at radius 3 is 2.37 bits per heavy atom. The van der Waals surface area contributed by atoms with Gasteiger partial charge in [-0.15, -0.1) is 0 Å². The lowest BCUT2D eigenvalue weighted by Gasteiger charge is -2.13. The SMILES string of the molecule is COc1cc(/C=N/NC(=O)c2ccc(-n3c(C)ccc3-c3ccccc3)cc2)cc(Br)c1OCc1ccc(Br)cc1. The van der Waals surface area contributed by atoms with E-state index in [4.69, 9.17) is 9.47 Å². The van der Waals surface area contributed by atoms with E-state index in [0.29, 0.717) is 28.1 Å². The molecule has 0 unspecified atom stereocenters. The van der Waals surface area contributed by atoms with Crippen LogP contribution in [0.3, 0.4) is 0 Å². The van der Waals surface area contributed by atoms with Crippen LogP contribution in [0.25, 0.3) is 16.9 Å². The maximum Gasteiger partial charge on any atom is 0.271 e. The summed E-state index contributed by atoms with van der Waals surface area (Å²) in [6, 6.07) is 33.5. The minimum Gasteiger partial charge on any atom is -0.493 e. The van der Waals surface area contributed by atoms with Gasteiger partial charge in [0, 0.05) is 21.4 Å². The van der Waals surface area contributed by atoms with Crippen molar-refractivity contribution >= 4 is 44.0 Å². The van der Waals surface area contributed by atoms with Gasteiger partial charge in [0.1, 0.15) is 6.61 Å². The molecule has 1 N–H and O–H groups in total. The van der Waals surface area contributed by atoms with Gasteiger partial charge in [-0.3, -0.25) is 4.79 Å². The van der Waals surface area contributed by atoms with Gasteiger partial charge < -0.3 is 14.0 Å². The first-order valence-corrected chi connectivity index (χ1v) is 14.4. The molecule has 0 aliphatic rings. The summed E-state index contributed by atoms with van der Waals surface area (Å²) in [5.74, 6) is 0.834. The number of carbonyl (C=O) groups is 1. The first-order chi connectivity index (χ1) is 19.9. The summed E-state index contributed by atoms with van der Waals surface area (Å²) in [7, 11) is 1.58. The van der Waals surface area contributed by atoms with E-state index in [1.165, 1.54) is 0 Å². The second-order valence-corrected chi connectivity index (χ2v) is 11.0. The van der Waals surface area contributed by atoms with E-state index in [0.717, 1.165) is 38.2 Å². The maximum absolute atomic E-state index is 12.8. The van der Waals surface area contributed by atoms with Crippen LogP contribution in [-0.4, -0.2) is 23.8 Å². The monoisotopic (exact) mass is 671 g/mol. The van der Waals surface area contributed by atoms with E-state index in [-0.39, 0.29) is 5.91 Å². The van der Waals surface area contributed by atoms with Gasteiger partial charge in [-0.05, 0) is 100 Å². The molecule has 0 bridgehead atoms. The van der Waals surface area contributed by atoms with E-state index in [1.807, 2.05) is 60.7 Å². The number of aryl methyl sites for hydroxylation is 1. The van der Waals surface area contributed by atoms with Crippen LogP contribution < -0.4 is 14.9 Å². The number of nitrogens with one attached hydrogen (secondary N) is 1. The summed E-state index contributed by atoms with van der Waals surface area (Å²) in [5.41, 5.74) is 9.19. The topological polar surface area (TPSA) is 64.8 Å². The van der Waals surface area contributed by atoms with Crippen molar-refractivity contribution in [2.75, 3.05) is 7.11 Å². The zero-order valence-corrected chi connectivity index (χ0v) is 25.6. The zero-order valence-electron chi connectivity index (χ0n) is 22.5. The van der Waals surface area contributed by atoms with Crippen molar-refractivity contribution in [1.29, 1.82) is 0 Å². The Labute approximate surface area is 255 Å². The van der Waals surface area contributed by atoms with Gasteiger partial charge in [0.25, 0.3) is 5.91 Å². The van der Waals surface area contributed by atoms with Crippen molar-refractivity contribution in [1.82, 2.24) is 9.99 Å². The summed E-state index contributed by atoms with van der Waals surface area (Å²) < 4.78 is 15.5. The van der Waals surface area contributed by atoms with Gasteiger partial charge in [-0.25, -0.2) is 5.43 Å². The van der Waals surface area contributed by atoms with Gasteiger partial charge in [0.05, 0.1) is 23.5 Å². The van der Waals surface area contributed by atoms with Crippen molar-refractivity contribution in [3.63, 3.8) is 0 Å². The van der Waals surface area contributed by atoms with Gasteiger partial charge in [0.2, 0.25) is 0 Å². The molecule has 5 aromatic rings. The molecule has 206 valence electrons. The highest BCUT2D eigenvalue weighted by atomic mass is 79.9. The summed E-state index contributed by atoms with van der Waals surface area (Å²) in [6.45, 7) is 2.46. The van der Waals surface area contributed by atoms with Crippen molar-refractivity contribution < 1.29 is 14.3 Å². The standard InChI is InChI=1S/C33H27Br2N3O3/c1-22-8-17-30(25-6-4-3-5-7-25)38(22)28-15-11-26(12-16-28)33(39)37-36-20-24-18-29(35)32(31(19-24)40-2)41-21-23-9-13-27(34)14-10-23/h3-20H,21H2,1-2H3,(H,37,39)/b36-20+. The Bertz CT molecular complexity index is 1680. The molecule has 1 aromatic heterocycles. The van der Waals surface area contributed by atoms with Crippen LogP contribution in [0.15, 0.2) is 117 Å². The normalized spacial score (nSPS) is 11.0. The third kappa shape index (κ3) is 6.78. The maximum atomic E-state index is 12.8. The summed E-state index contributed by atoms with van der Waals surface area (Å²) in [6.07, 6.45) is 1.56. The van der Waals surface area contributed by atoms with Crippen LogP contribution >= 0.6 is 31.9 Å². The van der Waals surface area contributed by atoms with E-state index in [1.54, 1.807) is 31.5 Å². The van der Waals surface area contributed by atoms with Crippen molar-refractivity contribution in [2.45, 2.75) is 13.5 Å². The third-order valence-corrected chi connectivity index (χ3v) is 7.58. The first-order valence-electron chi connectivity index (χ1n) is 12.9. The summed E-state index contributed by atoms with van der Waals surface area (Å²) >= 11 is 7.01. The first kappa shape index (κ1) is 28.4. The minimum absolute atomic E-state index is 0.305. The Balaban J connectivity index is 1.25. The fourth-order valence-electron chi connectivity index (χ4n) is 4.40. The number of rotatable bonds is 9. The lowest BCUT2D eigenvalue weighted by Crippen LogP contribution is -2.17. The van der Waals surface area contributed by atoms with Gasteiger partial charge in [-0.1, -0.05) is 58.4 Å². The number of hydrogen-bond donors (Lipinski definition) is 1. The molecule has 0 spiro atoms. The van der Waals surface area contributed by atoms with Crippen LogP contribution in [-0.2, 0) is 6.61 Å². The molecule has 0 atom stereocenters. The van der Waals surface area contributed by atoms with Crippen LogP contribution in [0.4, 0.5) is 0 Å². The smallest absolute Gasteiger partial charge is 0.271 e. The molecule has 0 radical (unpaired) electrons. The van der Waals surface area contributed by atoms with Crippen LogP contribution in [0.5, 0.6) is 11.5 Å². The lowest BCUT2D eigenvalue weighted by atomic mass is 10.1. The number of halogens is 2. The Kier molecular flexibility index (Phi) is 9.01. The number of aromatic nitrogens is 1. The number of hydrazone groups is 1. The Morgan fingerprint density at radius 1 is 0.927 bits per heavy atom. The Morgan fingerprint density at radius 2 is 1.66 bits per heavy atom. The predicted octanol–water partition coefficient (Wildman–Crippen LogP) is 8.33. The quantitative estimate of drug-likeness (QED) is 0.127. The van der Waals surface area contributed by atoms with E-state index in [9.17, 15) is 4.79 Å². The largest absolute Gasteiger partial charge is 0.493 e. The number of methoxy groups -OCH3 is 1. The van der Waals surface area contributed by atoms with E-state index >= 15 is 0 Å². The van der Waals surface area contributed by atoms with Crippen molar-refractivity contribution in [3.8, 4) is 28.4 Å². The molecule has 0 fully saturated rings.